The van der Waals surface area contributed by atoms with Crippen LogP contribution >= 0.6 is 0 Å². The third-order valence-electron chi connectivity index (χ3n) is 5.49. The van der Waals surface area contributed by atoms with Gasteiger partial charge in [-0.15, -0.1) is 0 Å². The van der Waals surface area contributed by atoms with Crippen molar-refractivity contribution in [1.29, 1.82) is 0 Å². The van der Waals surface area contributed by atoms with Gasteiger partial charge in [0.05, 0.1) is 6.10 Å². The molecule has 0 spiro atoms. The first-order valence-corrected chi connectivity index (χ1v) is 7.41. The molecule has 0 aromatic heterocycles. The predicted molar refractivity (Wildman–Crippen MR) is 68.6 cm³/mol. The topological polar surface area (TPSA) is 49.5 Å². The van der Waals surface area contributed by atoms with Crippen LogP contribution < -0.4 is 5.73 Å². The van der Waals surface area contributed by atoms with Gasteiger partial charge in [0.1, 0.15) is 0 Å². The van der Waals surface area contributed by atoms with Gasteiger partial charge in [0, 0.05) is 25.0 Å². The average Bonchev–Trinajstić information content (AvgIpc) is 2.92. The molecule has 3 nitrogen and oxygen atoms in total. The molecule has 98 valence electrons. The van der Waals surface area contributed by atoms with Crippen molar-refractivity contribution in [1.82, 2.24) is 4.90 Å². The summed E-state index contributed by atoms with van der Waals surface area (Å²) in [5.74, 6) is 2.04. The standard InChI is InChI=1S/C14H26N2O/c15-7-10-3-1-2-4-13(10)16-8-11-5-6-14(17)12(11)9-16/h10-14,17H,1-9,15H2. The third-order valence-corrected chi connectivity index (χ3v) is 5.49. The molecule has 17 heavy (non-hydrogen) atoms. The lowest BCUT2D eigenvalue weighted by Gasteiger charge is -2.38. The minimum absolute atomic E-state index is 0.0232. The van der Waals surface area contributed by atoms with E-state index in [-0.39, 0.29) is 6.10 Å². The van der Waals surface area contributed by atoms with Gasteiger partial charge in [-0.25, -0.2) is 0 Å². The van der Waals surface area contributed by atoms with Gasteiger partial charge in [0.15, 0.2) is 0 Å². The second kappa shape index (κ2) is 4.87. The van der Waals surface area contributed by atoms with Gasteiger partial charge >= 0.3 is 0 Å². The fourth-order valence-electron chi connectivity index (χ4n) is 4.49. The van der Waals surface area contributed by atoms with Gasteiger partial charge in [-0.1, -0.05) is 12.8 Å². The van der Waals surface area contributed by atoms with E-state index in [1.165, 1.54) is 38.6 Å². The molecule has 0 bridgehead atoms. The van der Waals surface area contributed by atoms with Crippen molar-refractivity contribution in [2.24, 2.45) is 23.5 Å². The van der Waals surface area contributed by atoms with Gasteiger partial charge in [-0.2, -0.15) is 0 Å². The maximum absolute atomic E-state index is 9.99. The summed E-state index contributed by atoms with van der Waals surface area (Å²) in [6.07, 6.45) is 7.63. The molecule has 0 amide bonds. The van der Waals surface area contributed by atoms with E-state index in [0.717, 1.165) is 25.4 Å². The molecule has 0 radical (unpaired) electrons. The van der Waals surface area contributed by atoms with Crippen LogP contribution in [0.15, 0.2) is 0 Å². The van der Waals surface area contributed by atoms with Crippen LogP contribution in [0, 0.1) is 17.8 Å². The Morgan fingerprint density at radius 2 is 1.88 bits per heavy atom. The van der Waals surface area contributed by atoms with Crippen LogP contribution in [0.5, 0.6) is 0 Å². The van der Waals surface area contributed by atoms with Crippen LogP contribution in [0.2, 0.25) is 0 Å². The Labute approximate surface area is 104 Å². The Morgan fingerprint density at radius 3 is 2.65 bits per heavy atom. The van der Waals surface area contributed by atoms with Crippen molar-refractivity contribution in [3.63, 3.8) is 0 Å². The number of hydrogen-bond donors (Lipinski definition) is 2. The lowest BCUT2D eigenvalue weighted by Crippen LogP contribution is -2.44. The molecule has 0 aromatic rings. The summed E-state index contributed by atoms with van der Waals surface area (Å²) in [6.45, 7) is 3.20. The highest BCUT2D eigenvalue weighted by Crippen LogP contribution is 2.41. The van der Waals surface area contributed by atoms with Crippen molar-refractivity contribution in [3.8, 4) is 0 Å². The van der Waals surface area contributed by atoms with Crippen LogP contribution in [-0.2, 0) is 0 Å². The number of rotatable bonds is 2. The molecule has 5 atom stereocenters. The number of aliphatic hydroxyl groups excluding tert-OH is 1. The Kier molecular flexibility index (Phi) is 3.42. The number of fused-ring (bicyclic) bond motifs is 1. The summed E-state index contributed by atoms with van der Waals surface area (Å²) in [6, 6.07) is 0.714. The average molecular weight is 238 g/mol. The minimum atomic E-state index is -0.0232. The van der Waals surface area contributed by atoms with E-state index in [9.17, 15) is 5.11 Å². The van der Waals surface area contributed by atoms with Crippen molar-refractivity contribution < 1.29 is 5.11 Å². The minimum Gasteiger partial charge on any atom is -0.393 e. The van der Waals surface area contributed by atoms with Crippen LogP contribution in [0.25, 0.3) is 0 Å². The van der Waals surface area contributed by atoms with E-state index in [2.05, 4.69) is 4.90 Å². The zero-order valence-corrected chi connectivity index (χ0v) is 10.7. The summed E-state index contributed by atoms with van der Waals surface area (Å²) in [5.41, 5.74) is 5.93. The molecule has 2 aliphatic carbocycles. The molecule has 3 fully saturated rings. The molecule has 0 aromatic carbocycles. The molecule has 5 unspecified atom stereocenters. The number of likely N-dealkylation sites (tertiary alicyclic amines) is 1. The summed E-state index contributed by atoms with van der Waals surface area (Å²) in [5, 5.41) is 9.99. The second-order valence-corrected chi connectivity index (χ2v) is 6.37. The Morgan fingerprint density at radius 1 is 1.06 bits per heavy atom. The lowest BCUT2D eigenvalue weighted by atomic mass is 9.83. The van der Waals surface area contributed by atoms with E-state index in [0.29, 0.717) is 17.9 Å². The first kappa shape index (κ1) is 11.9. The molecule has 1 saturated heterocycles. The summed E-state index contributed by atoms with van der Waals surface area (Å²) in [4.78, 5) is 2.66. The largest absolute Gasteiger partial charge is 0.393 e. The van der Waals surface area contributed by atoms with Crippen molar-refractivity contribution >= 4 is 0 Å². The Balaban J connectivity index is 1.65. The number of aliphatic hydroxyl groups is 1. The molecule has 1 heterocycles. The molecular formula is C14H26N2O. The quantitative estimate of drug-likeness (QED) is 0.760. The molecule has 2 saturated carbocycles. The fraction of sp³-hybridized carbons (Fsp3) is 1.00. The van der Waals surface area contributed by atoms with Crippen molar-refractivity contribution in [3.05, 3.63) is 0 Å². The van der Waals surface area contributed by atoms with E-state index < -0.39 is 0 Å². The van der Waals surface area contributed by atoms with Gasteiger partial charge in [0.25, 0.3) is 0 Å². The molecule has 3 aliphatic rings. The van der Waals surface area contributed by atoms with Gasteiger partial charge in [-0.05, 0) is 44.1 Å². The maximum Gasteiger partial charge on any atom is 0.0583 e. The fourth-order valence-corrected chi connectivity index (χ4v) is 4.49. The molecule has 3 N–H and O–H groups in total. The third kappa shape index (κ3) is 2.13. The summed E-state index contributed by atoms with van der Waals surface area (Å²) >= 11 is 0. The predicted octanol–water partition coefficient (Wildman–Crippen LogP) is 1.21. The van der Waals surface area contributed by atoms with E-state index in [1.54, 1.807) is 0 Å². The lowest BCUT2D eigenvalue weighted by molar-refractivity contribution is 0.0939. The normalized spacial score (nSPS) is 47.3. The van der Waals surface area contributed by atoms with Crippen LogP contribution in [0.4, 0.5) is 0 Å². The molecular weight excluding hydrogens is 212 g/mol. The highest BCUT2D eigenvalue weighted by molar-refractivity contribution is 4.97. The maximum atomic E-state index is 9.99. The van der Waals surface area contributed by atoms with E-state index >= 15 is 0 Å². The number of nitrogens with two attached hydrogens (primary N) is 1. The van der Waals surface area contributed by atoms with E-state index in [1.807, 2.05) is 0 Å². The van der Waals surface area contributed by atoms with Gasteiger partial charge in [-0.3, -0.25) is 4.90 Å². The number of hydrogen-bond acceptors (Lipinski definition) is 3. The monoisotopic (exact) mass is 238 g/mol. The molecule has 1 aliphatic heterocycles. The van der Waals surface area contributed by atoms with Crippen molar-refractivity contribution in [2.75, 3.05) is 19.6 Å². The summed E-state index contributed by atoms with van der Waals surface area (Å²) in [7, 11) is 0. The van der Waals surface area contributed by atoms with Crippen molar-refractivity contribution in [2.45, 2.75) is 50.7 Å². The van der Waals surface area contributed by atoms with Crippen LogP contribution in [0.3, 0.4) is 0 Å². The zero-order chi connectivity index (χ0) is 11.8. The highest BCUT2D eigenvalue weighted by atomic mass is 16.3. The zero-order valence-electron chi connectivity index (χ0n) is 10.7. The van der Waals surface area contributed by atoms with Crippen LogP contribution in [-0.4, -0.2) is 41.8 Å². The smallest absolute Gasteiger partial charge is 0.0583 e. The van der Waals surface area contributed by atoms with Gasteiger partial charge < -0.3 is 10.8 Å². The second-order valence-electron chi connectivity index (χ2n) is 6.37. The summed E-state index contributed by atoms with van der Waals surface area (Å²) < 4.78 is 0. The molecule has 3 heteroatoms. The first-order valence-electron chi connectivity index (χ1n) is 7.41. The SMILES string of the molecule is NCC1CCCCC1N1CC2CCC(O)C2C1. The highest BCUT2D eigenvalue weighted by Gasteiger charge is 2.44. The molecule has 3 rings (SSSR count). The Hall–Kier alpha value is -0.120. The van der Waals surface area contributed by atoms with E-state index in [4.69, 9.17) is 5.73 Å². The van der Waals surface area contributed by atoms with Crippen LogP contribution in [0.1, 0.15) is 38.5 Å². The van der Waals surface area contributed by atoms with Gasteiger partial charge in [0.2, 0.25) is 0 Å². The Bertz CT molecular complexity index is 271. The first-order chi connectivity index (χ1) is 8.29. The number of nitrogens with zero attached hydrogens (tertiary/aromatic N) is 1.